The molecular formula is C14H21N3. The average molecular weight is 231 g/mol. The fraction of sp³-hybridized carbons (Fsp3) is 0.500. The van der Waals surface area contributed by atoms with Gasteiger partial charge in [0.1, 0.15) is 0 Å². The molecule has 0 radical (unpaired) electrons. The Hall–Kier alpha value is -1.35. The van der Waals surface area contributed by atoms with Gasteiger partial charge in [0.2, 0.25) is 0 Å². The molecule has 1 atom stereocenters. The van der Waals surface area contributed by atoms with Crippen LogP contribution in [-0.4, -0.2) is 23.6 Å². The van der Waals surface area contributed by atoms with E-state index < -0.39 is 0 Å². The molecule has 2 rings (SSSR count). The van der Waals surface area contributed by atoms with Crippen molar-refractivity contribution in [2.45, 2.75) is 20.3 Å². The van der Waals surface area contributed by atoms with Crippen molar-refractivity contribution in [2.75, 3.05) is 13.6 Å². The minimum absolute atomic E-state index is 0.681. The minimum atomic E-state index is 0.681. The summed E-state index contributed by atoms with van der Waals surface area (Å²) in [7, 11) is 2.02. The van der Waals surface area contributed by atoms with E-state index in [4.69, 9.17) is 0 Å². The van der Waals surface area contributed by atoms with E-state index in [0.29, 0.717) is 11.8 Å². The Balaban J connectivity index is 2.15. The van der Waals surface area contributed by atoms with Gasteiger partial charge in [-0.2, -0.15) is 0 Å². The van der Waals surface area contributed by atoms with Gasteiger partial charge in [0, 0.05) is 0 Å². The van der Waals surface area contributed by atoms with E-state index in [1.807, 2.05) is 7.05 Å². The molecule has 0 bridgehead atoms. The zero-order valence-corrected chi connectivity index (χ0v) is 10.8. The lowest BCUT2D eigenvalue weighted by atomic mass is 9.89. The normalized spacial score (nSPS) is 13.4. The number of hydrogen-bond acceptors (Lipinski definition) is 2. The van der Waals surface area contributed by atoms with Crippen LogP contribution in [0.3, 0.4) is 0 Å². The summed E-state index contributed by atoms with van der Waals surface area (Å²) in [4.78, 5) is 7.41. The first-order chi connectivity index (χ1) is 8.20. The molecule has 0 saturated carbocycles. The molecule has 0 fully saturated rings. The highest BCUT2D eigenvalue weighted by molar-refractivity contribution is 5.75. The Kier molecular flexibility index (Phi) is 3.79. The Morgan fingerprint density at radius 1 is 1.35 bits per heavy atom. The van der Waals surface area contributed by atoms with E-state index >= 15 is 0 Å². The smallest absolute Gasteiger partial charge is 0.0931 e. The summed E-state index contributed by atoms with van der Waals surface area (Å²) in [5.41, 5.74) is 3.56. The number of hydrogen-bond donors (Lipinski definition) is 2. The van der Waals surface area contributed by atoms with Crippen molar-refractivity contribution in [3.05, 3.63) is 30.1 Å². The summed E-state index contributed by atoms with van der Waals surface area (Å²) >= 11 is 0. The summed E-state index contributed by atoms with van der Waals surface area (Å²) in [6.45, 7) is 5.64. The molecule has 3 nitrogen and oxygen atoms in total. The number of rotatable bonds is 5. The molecule has 1 aromatic heterocycles. The predicted octanol–water partition coefficient (Wildman–Crippen LogP) is 2.60. The Morgan fingerprint density at radius 3 is 2.88 bits per heavy atom. The molecule has 2 aromatic rings. The second-order valence-corrected chi connectivity index (χ2v) is 5.02. The van der Waals surface area contributed by atoms with E-state index in [1.54, 1.807) is 6.33 Å². The first-order valence-corrected chi connectivity index (χ1v) is 6.27. The van der Waals surface area contributed by atoms with Gasteiger partial charge in [-0.1, -0.05) is 19.9 Å². The highest BCUT2D eigenvalue weighted by Gasteiger charge is 2.13. The van der Waals surface area contributed by atoms with E-state index in [1.165, 1.54) is 5.56 Å². The van der Waals surface area contributed by atoms with Crippen molar-refractivity contribution in [3.8, 4) is 0 Å². The number of aromatic nitrogens is 2. The number of nitrogens with zero attached hydrogens (tertiary/aromatic N) is 1. The van der Waals surface area contributed by atoms with Gasteiger partial charge in [-0.05, 0) is 49.5 Å². The molecule has 3 heteroatoms. The van der Waals surface area contributed by atoms with Gasteiger partial charge < -0.3 is 10.3 Å². The van der Waals surface area contributed by atoms with E-state index in [2.05, 4.69) is 47.3 Å². The third kappa shape index (κ3) is 2.86. The summed E-state index contributed by atoms with van der Waals surface area (Å²) in [6.07, 6.45) is 2.87. The second kappa shape index (κ2) is 5.32. The summed E-state index contributed by atoms with van der Waals surface area (Å²) < 4.78 is 0. The number of imidazole rings is 1. The van der Waals surface area contributed by atoms with Crippen LogP contribution >= 0.6 is 0 Å². The number of aromatic amines is 1. The number of H-pyrrole nitrogens is 1. The Labute approximate surface area is 103 Å². The maximum atomic E-state index is 4.24. The largest absolute Gasteiger partial charge is 0.345 e. The molecule has 1 heterocycles. The molecule has 1 unspecified atom stereocenters. The van der Waals surface area contributed by atoms with Gasteiger partial charge >= 0.3 is 0 Å². The fourth-order valence-corrected chi connectivity index (χ4v) is 2.22. The third-order valence-corrected chi connectivity index (χ3v) is 3.39. The van der Waals surface area contributed by atoms with Gasteiger partial charge in [-0.3, -0.25) is 0 Å². The van der Waals surface area contributed by atoms with Crippen LogP contribution in [0.25, 0.3) is 11.0 Å². The summed E-state index contributed by atoms with van der Waals surface area (Å²) in [5.74, 6) is 1.38. The van der Waals surface area contributed by atoms with E-state index in [0.717, 1.165) is 24.0 Å². The van der Waals surface area contributed by atoms with Crippen LogP contribution in [0.4, 0.5) is 0 Å². The molecule has 0 aliphatic carbocycles. The van der Waals surface area contributed by atoms with E-state index in [-0.39, 0.29) is 0 Å². The van der Waals surface area contributed by atoms with Crippen LogP contribution in [0.2, 0.25) is 0 Å². The molecule has 2 N–H and O–H groups in total. The fourth-order valence-electron chi connectivity index (χ4n) is 2.22. The van der Waals surface area contributed by atoms with Gasteiger partial charge in [-0.25, -0.2) is 4.98 Å². The van der Waals surface area contributed by atoms with Crippen molar-refractivity contribution < 1.29 is 0 Å². The van der Waals surface area contributed by atoms with Crippen LogP contribution in [0, 0.1) is 11.8 Å². The molecule has 92 valence electrons. The van der Waals surface area contributed by atoms with Crippen LogP contribution in [0.5, 0.6) is 0 Å². The van der Waals surface area contributed by atoms with Crippen molar-refractivity contribution in [1.82, 2.24) is 15.3 Å². The van der Waals surface area contributed by atoms with Gasteiger partial charge in [0.25, 0.3) is 0 Å². The zero-order valence-electron chi connectivity index (χ0n) is 10.8. The van der Waals surface area contributed by atoms with E-state index in [9.17, 15) is 0 Å². The quantitative estimate of drug-likeness (QED) is 0.830. The van der Waals surface area contributed by atoms with Gasteiger partial charge in [-0.15, -0.1) is 0 Å². The van der Waals surface area contributed by atoms with Crippen LogP contribution in [0.15, 0.2) is 24.5 Å². The van der Waals surface area contributed by atoms with Gasteiger partial charge in [0.05, 0.1) is 17.4 Å². The first kappa shape index (κ1) is 12.1. The molecular weight excluding hydrogens is 210 g/mol. The van der Waals surface area contributed by atoms with Crippen molar-refractivity contribution in [3.63, 3.8) is 0 Å². The highest BCUT2D eigenvalue weighted by Crippen LogP contribution is 2.19. The summed E-state index contributed by atoms with van der Waals surface area (Å²) in [6, 6.07) is 6.50. The Morgan fingerprint density at radius 2 is 2.18 bits per heavy atom. The molecule has 17 heavy (non-hydrogen) atoms. The number of nitrogens with one attached hydrogen (secondary N) is 2. The SMILES string of the molecule is CNCC(Cc1ccc2nc[nH]c2c1)C(C)C. The standard InChI is InChI=1S/C14H21N3/c1-10(2)12(8-15-3)6-11-4-5-13-14(7-11)17-9-16-13/h4-5,7,9-10,12,15H,6,8H2,1-3H3,(H,16,17). The second-order valence-electron chi connectivity index (χ2n) is 5.02. The van der Waals surface area contributed by atoms with Crippen molar-refractivity contribution >= 4 is 11.0 Å². The lowest BCUT2D eigenvalue weighted by molar-refractivity contribution is 0.370. The average Bonchev–Trinajstić information content (AvgIpc) is 2.75. The highest BCUT2D eigenvalue weighted by atomic mass is 14.9. The number of fused-ring (bicyclic) bond motifs is 1. The van der Waals surface area contributed by atoms with Crippen LogP contribution < -0.4 is 5.32 Å². The van der Waals surface area contributed by atoms with Gasteiger partial charge in [0.15, 0.2) is 0 Å². The molecule has 1 aromatic carbocycles. The minimum Gasteiger partial charge on any atom is -0.345 e. The Bertz CT molecular complexity index is 473. The van der Waals surface area contributed by atoms with Crippen LogP contribution in [0.1, 0.15) is 19.4 Å². The monoisotopic (exact) mass is 231 g/mol. The lowest BCUT2D eigenvalue weighted by Gasteiger charge is -2.20. The molecule has 0 saturated heterocycles. The zero-order chi connectivity index (χ0) is 12.3. The maximum Gasteiger partial charge on any atom is 0.0931 e. The topological polar surface area (TPSA) is 40.7 Å². The lowest BCUT2D eigenvalue weighted by Crippen LogP contribution is -2.25. The predicted molar refractivity (Wildman–Crippen MR) is 72.1 cm³/mol. The van der Waals surface area contributed by atoms with Crippen molar-refractivity contribution in [2.24, 2.45) is 11.8 Å². The molecule has 0 amide bonds. The molecule has 0 spiro atoms. The first-order valence-electron chi connectivity index (χ1n) is 6.27. The van der Waals surface area contributed by atoms with Crippen molar-refractivity contribution in [1.29, 1.82) is 0 Å². The van der Waals surface area contributed by atoms with Crippen LogP contribution in [-0.2, 0) is 6.42 Å². The molecule has 0 aliphatic heterocycles. The summed E-state index contributed by atoms with van der Waals surface area (Å²) in [5, 5.41) is 3.28. The maximum absolute atomic E-state index is 4.24. The number of benzene rings is 1. The molecule has 0 aliphatic rings. The third-order valence-electron chi connectivity index (χ3n) is 3.39.